The van der Waals surface area contributed by atoms with Gasteiger partial charge in [0.25, 0.3) is 0 Å². The molecule has 382 valence electrons. The Labute approximate surface area is 432 Å². The fourth-order valence-corrected chi connectivity index (χ4v) is 14.5. The number of hydrogen-bond acceptors (Lipinski definition) is 17. The van der Waals surface area contributed by atoms with Crippen molar-refractivity contribution in [2.45, 2.75) is 80.7 Å². The normalized spacial score (nSPS) is 23.7. The third kappa shape index (κ3) is 8.80. The van der Waals surface area contributed by atoms with E-state index in [4.69, 9.17) is 37.9 Å². The number of benzene rings is 4. The van der Waals surface area contributed by atoms with E-state index in [1.807, 2.05) is 38.2 Å². The van der Waals surface area contributed by atoms with Gasteiger partial charge in [-0.25, -0.2) is 9.59 Å². The van der Waals surface area contributed by atoms with Crippen LogP contribution in [0.25, 0.3) is 11.1 Å². The number of nitriles is 1. The van der Waals surface area contributed by atoms with Crippen LogP contribution in [0.4, 0.5) is 4.79 Å². The summed E-state index contributed by atoms with van der Waals surface area (Å²) in [6.45, 7) is 8.21. The van der Waals surface area contributed by atoms with Gasteiger partial charge in [-0.1, -0.05) is 67.3 Å². The number of esters is 2. The lowest BCUT2D eigenvalue weighted by molar-refractivity contribution is -0.152. The number of hydrogen-bond donors (Lipinski definition) is 2. The van der Waals surface area contributed by atoms with Crippen LogP contribution in [0.5, 0.6) is 28.7 Å². The Morgan fingerprint density at radius 1 is 1.00 bits per heavy atom. The van der Waals surface area contributed by atoms with Gasteiger partial charge in [-0.15, -0.1) is 11.8 Å². The molecule has 4 aromatic carbocycles. The minimum atomic E-state index is -1.23. The van der Waals surface area contributed by atoms with E-state index in [2.05, 4.69) is 63.4 Å². The summed E-state index contributed by atoms with van der Waals surface area (Å²) in [6.07, 6.45) is 1.10. The van der Waals surface area contributed by atoms with E-state index in [-0.39, 0.29) is 56.0 Å². The summed E-state index contributed by atoms with van der Waals surface area (Å²) in [7, 11) is 5.14. The average molecular weight is 1030 g/mol. The molecule has 6 heterocycles. The number of amides is 2. The van der Waals surface area contributed by atoms with E-state index >= 15 is 0 Å². The van der Waals surface area contributed by atoms with Crippen LogP contribution in [-0.4, -0.2) is 129 Å². The number of alkyl carbamates (subject to hydrolysis) is 1. The number of thioether (sulfide) groups is 2. The number of ether oxygens (including phenoxy) is 8. The fourth-order valence-electron chi connectivity index (χ4n) is 11.8. The SMILES string of the molecule is C=CCOC(=O)NC(CSCC1c2ccccc2-c2ccccc21)C(=O)N[C@H]1CS[C@@H]2c3c(OC(C)=O)c(C)c4c(c3[C@H](COC1=O)N1C2[C@H]2c3c(cc(C)c(OC)c3OCOC)C[C@@H]([C@@H]1C#N)N2C)OCO4. The monoisotopic (exact) mass is 1030 g/mol. The molecule has 11 rings (SSSR count). The predicted molar refractivity (Wildman–Crippen MR) is 272 cm³/mol. The lowest BCUT2D eigenvalue weighted by atomic mass is 9.71. The van der Waals surface area contributed by atoms with Crippen LogP contribution in [0, 0.1) is 25.2 Å². The van der Waals surface area contributed by atoms with E-state index in [0.717, 1.165) is 16.7 Å². The molecular weight excluding hydrogens is 975 g/mol. The van der Waals surface area contributed by atoms with Gasteiger partial charge in [-0.3, -0.25) is 19.4 Å². The number of nitrogens with one attached hydrogen (secondary N) is 2. The minimum Gasteiger partial charge on any atom is -0.493 e. The van der Waals surface area contributed by atoms with E-state index in [1.165, 1.54) is 58.8 Å². The molecule has 0 spiro atoms. The summed E-state index contributed by atoms with van der Waals surface area (Å²) in [5.41, 5.74) is 9.16. The maximum atomic E-state index is 14.7. The second-order valence-corrected chi connectivity index (χ2v) is 21.1. The van der Waals surface area contributed by atoms with Gasteiger partial charge >= 0.3 is 18.0 Å². The Balaban J connectivity index is 1.04. The highest BCUT2D eigenvalue weighted by Crippen LogP contribution is 2.64. The van der Waals surface area contributed by atoms with Crippen LogP contribution < -0.4 is 34.3 Å². The van der Waals surface area contributed by atoms with Crippen molar-refractivity contribution in [3.05, 3.63) is 112 Å². The fraction of sp³-hybridized carbons (Fsp3) is 0.426. The van der Waals surface area contributed by atoms with Crippen LogP contribution in [-0.2, 0) is 35.0 Å². The maximum absolute atomic E-state index is 14.7. The van der Waals surface area contributed by atoms with Gasteiger partial charge in [0, 0.05) is 71.5 Å². The van der Waals surface area contributed by atoms with E-state index in [1.54, 1.807) is 21.1 Å². The van der Waals surface area contributed by atoms with Crippen LogP contribution in [0.15, 0.2) is 67.3 Å². The summed E-state index contributed by atoms with van der Waals surface area (Å²) < 4.78 is 48.1. The number of aryl methyl sites for hydroxylation is 1. The molecule has 0 radical (unpaired) electrons. The van der Waals surface area contributed by atoms with Crippen LogP contribution in [0.3, 0.4) is 0 Å². The van der Waals surface area contributed by atoms with Gasteiger partial charge < -0.3 is 48.5 Å². The second-order valence-electron chi connectivity index (χ2n) is 18.8. The summed E-state index contributed by atoms with van der Waals surface area (Å²) in [4.78, 5) is 60.0. The molecule has 0 aromatic heterocycles. The Morgan fingerprint density at radius 2 is 1.73 bits per heavy atom. The lowest BCUT2D eigenvalue weighted by Crippen LogP contribution is -2.69. The van der Waals surface area contributed by atoms with E-state index in [9.17, 15) is 24.4 Å². The number of likely N-dealkylation sites (N-methyl/N-ethyl adjacent to an activating group) is 1. The number of carbonyl (C=O) groups is 4. The molecule has 8 atom stereocenters. The zero-order chi connectivity index (χ0) is 51.2. The first-order chi connectivity index (χ1) is 35.4. The minimum absolute atomic E-state index is 0.0404. The summed E-state index contributed by atoms with van der Waals surface area (Å²) in [5, 5.41) is 16.4. The first kappa shape index (κ1) is 50.1. The summed E-state index contributed by atoms with van der Waals surface area (Å²) in [6, 6.07) is 16.0. The number of carbonyl (C=O) groups excluding carboxylic acids is 4. The van der Waals surface area contributed by atoms with Crippen molar-refractivity contribution < 1.29 is 57.1 Å². The molecule has 7 aliphatic rings. The summed E-state index contributed by atoms with van der Waals surface area (Å²) >= 11 is 2.86. The Kier molecular flexibility index (Phi) is 14.3. The molecule has 1 aliphatic carbocycles. The topological polar surface area (TPSA) is 196 Å². The average Bonchev–Trinajstić information content (AvgIpc) is 4.00. The van der Waals surface area contributed by atoms with E-state index in [0.29, 0.717) is 51.9 Å². The van der Waals surface area contributed by atoms with Crippen LogP contribution >= 0.6 is 23.5 Å². The maximum Gasteiger partial charge on any atom is 0.408 e. The Bertz CT molecular complexity index is 2880. The first-order valence-corrected chi connectivity index (χ1v) is 26.3. The van der Waals surface area contributed by atoms with Gasteiger partial charge in [0.1, 0.15) is 37.1 Å². The standard InChI is InChI=1S/C54H57N5O12S2/c1-8-17-66-54(63)57-36(23-72-22-35-33-15-11-9-13-31(33)32-14-10-12-16-34(32)35)52(61)56-37-24-73-51-43-42(50-48(69-26-70-50)28(3)47(43)71-29(4)60)40(21-67-53(37)62)59-39(20-55)38-19-30-18-27(2)46(65-7)49(68-25-64-6)41(30)44(45(51)59)58(38)5/h8-16,18,35-40,44-45,51H,1,17,19,21-26H2,2-7H3,(H,56,61)(H,57,63)/t36?,37-,38-,39-,40-,44+,45?,51+/m0/s1. The summed E-state index contributed by atoms with van der Waals surface area (Å²) in [5.74, 6) is 1.02. The highest BCUT2D eigenvalue weighted by molar-refractivity contribution is 7.99. The van der Waals surface area contributed by atoms with Crippen molar-refractivity contribution in [1.82, 2.24) is 20.4 Å². The zero-order valence-corrected chi connectivity index (χ0v) is 43.0. The lowest BCUT2D eigenvalue weighted by Gasteiger charge is -2.61. The zero-order valence-electron chi connectivity index (χ0n) is 41.4. The molecule has 4 bridgehead atoms. The number of nitrogens with zero attached hydrogens (tertiary/aromatic N) is 3. The third-order valence-electron chi connectivity index (χ3n) is 14.7. The second kappa shape index (κ2) is 20.8. The van der Waals surface area contributed by atoms with Crippen molar-refractivity contribution in [2.75, 3.05) is 65.3 Å². The predicted octanol–water partition coefficient (Wildman–Crippen LogP) is 6.82. The highest BCUT2D eigenvalue weighted by Gasteiger charge is 2.61. The van der Waals surface area contributed by atoms with Crippen molar-refractivity contribution >= 4 is 47.5 Å². The van der Waals surface area contributed by atoms with Crippen molar-refractivity contribution in [3.63, 3.8) is 0 Å². The van der Waals surface area contributed by atoms with Gasteiger partial charge in [0.05, 0.1) is 30.5 Å². The van der Waals surface area contributed by atoms with Gasteiger partial charge in [0.2, 0.25) is 12.7 Å². The van der Waals surface area contributed by atoms with Gasteiger partial charge in [0.15, 0.2) is 29.8 Å². The first-order valence-electron chi connectivity index (χ1n) is 24.1. The number of methoxy groups -OCH3 is 2. The molecule has 73 heavy (non-hydrogen) atoms. The molecule has 2 saturated heterocycles. The Morgan fingerprint density at radius 3 is 2.41 bits per heavy atom. The molecule has 2 unspecified atom stereocenters. The quantitative estimate of drug-likeness (QED) is 0.0577. The smallest absolute Gasteiger partial charge is 0.408 e. The molecule has 19 heteroatoms. The molecule has 4 aromatic rings. The van der Waals surface area contributed by atoms with Gasteiger partial charge in [-0.2, -0.15) is 17.0 Å². The van der Waals surface area contributed by atoms with Crippen LogP contribution in [0.2, 0.25) is 0 Å². The number of piperazine rings is 1. The molecular formula is C54H57N5O12S2. The molecule has 2 fully saturated rings. The number of fused-ring (bicyclic) bond motifs is 13. The molecule has 17 nitrogen and oxygen atoms in total. The third-order valence-corrected chi connectivity index (χ3v) is 17.3. The largest absolute Gasteiger partial charge is 0.493 e. The van der Waals surface area contributed by atoms with Crippen molar-refractivity contribution in [3.8, 4) is 45.9 Å². The van der Waals surface area contributed by atoms with Crippen molar-refractivity contribution in [1.29, 1.82) is 5.26 Å². The number of rotatable bonds is 14. The molecule has 6 aliphatic heterocycles. The highest BCUT2D eigenvalue weighted by atomic mass is 32.2. The molecule has 2 amide bonds. The molecule has 2 N–H and O–H groups in total. The van der Waals surface area contributed by atoms with Crippen LogP contribution in [0.1, 0.15) is 74.7 Å². The van der Waals surface area contributed by atoms with Crippen molar-refractivity contribution in [2.24, 2.45) is 0 Å². The van der Waals surface area contributed by atoms with Gasteiger partial charge in [-0.05, 0) is 60.7 Å². The van der Waals surface area contributed by atoms with E-state index < -0.39 is 65.4 Å². The molecule has 0 saturated carbocycles. The Hall–Kier alpha value is -6.43.